The van der Waals surface area contributed by atoms with E-state index < -0.39 is 5.78 Å². The first-order chi connectivity index (χ1) is 11.3. The van der Waals surface area contributed by atoms with Crippen LogP contribution in [-0.4, -0.2) is 45.6 Å². The summed E-state index contributed by atoms with van der Waals surface area (Å²) < 4.78 is 4.95. The van der Waals surface area contributed by atoms with Gasteiger partial charge in [0.05, 0.1) is 11.1 Å². The van der Waals surface area contributed by atoms with Crippen molar-refractivity contribution in [1.82, 2.24) is 0 Å². The summed E-state index contributed by atoms with van der Waals surface area (Å²) in [4.78, 5) is 27.1. The van der Waals surface area contributed by atoms with Crippen molar-refractivity contribution in [2.24, 2.45) is 0 Å². The highest BCUT2D eigenvalue weighted by Gasteiger charge is 2.19. The number of rotatable bonds is 6. The number of carbonyl (C=O) groups is 2. The Bertz CT molecular complexity index is 770. The fourth-order valence-electron chi connectivity index (χ4n) is 2.26. The Morgan fingerprint density at radius 2 is 1.50 bits per heavy atom. The maximum atomic E-state index is 12.7. The third-order valence-corrected chi connectivity index (χ3v) is 3.64. The number of hydrogen-bond acceptors (Lipinski definition) is 6. The van der Waals surface area contributed by atoms with Crippen molar-refractivity contribution in [3.63, 3.8) is 0 Å². The smallest absolute Gasteiger partial charge is 0.298 e. The van der Waals surface area contributed by atoms with Crippen molar-refractivity contribution >= 4 is 23.6 Å². The minimum absolute atomic E-state index is 0.125. The molecule has 0 radical (unpaired) electrons. The summed E-state index contributed by atoms with van der Waals surface area (Å²) in [6, 6.07) is 9.74. The Morgan fingerprint density at radius 3 is 2.00 bits per heavy atom. The van der Waals surface area contributed by atoms with Crippen LogP contribution in [0.15, 0.2) is 36.4 Å². The monoisotopic (exact) mass is 328 g/mol. The summed E-state index contributed by atoms with van der Waals surface area (Å²) in [5, 5.41) is 10.2. The van der Waals surface area contributed by atoms with Gasteiger partial charge in [-0.2, -0.15) is 0 Å². The molecule has 0 bridgehead atoms. The minimum Gasteiger partial charge on any atom is -0.507 e. The molecule has 6 nitrogen and oxygen atoms in total. The van der Waals surface area contributed by atoms with Gasteiger partial charge in [-0.05, 0) is 24.3 Å². The van der Waals surface area contributed by atoms with Gasteiger partial charge in [0.2, 0.25) is 0 Å². The van der Waals surface area contributed by atoms with Gasteiger partial charge < -0.3 is 19.6 Å². The van der Waals surface area contributed by atoms with Crippen LogP contribution in [0.5, 0.6) is 11.5 Å². The summed E-state index contributed by atoms with van der Waals surface area (Å²) in [6.07, 6.45) is 0. The second-order valence-corrected chi connectivity index (χ2v) is 5.71. The van der Waals surface area contributed by atoms with Gasteiger partial charge in [-0.15, -0.1) is 0 Å². The quantitative estimate of drug-likeness (QED) is 0.648. The molecule has 0 aliphatic heterocycles. The van der Waals surface area contributed by atoms with Crippen LogP contribution < -0.4 is 14.5 Å². The van der Waals surface area contributed by atoms with Crippen LogP contribution in [0.25, 0.3) is 0 Å². The molecule has 0 saturated carbocycles. The first-order valence-electron chi connectivity index (χ1n) is 7.32. The molecule has 0 atom stereocenters. The van der Waals surface area contributed by atoms with Crippen molar-refractivity contribution in [2.45, 2.75) is 0 Å². The number of anilines is 2. The lowest BCUT2D eigenvalue weighted by molar-refractivity contribution is -0.120. The predicted molar refractivity (Wildman–Crippen MR) is 93.3 cm³/mol. The number of aromatic hydroxyl groups is 1. The fraction of sp³-hybridized carbons (Fsp3) is 0.222. The summed E-state index contributed by atoms with van der Waals surface area (Å²) >= 11 is 0. The molecule has 6 heteroatoms. The fourth-order valence-corrected chi connectivity index (χ4v) is 2.26. The Labute approximate surface area is 140 Å². The largest absolute Gasteiger partial charge is 0.507 e. The maximum absolute atomic E-state index is 12.7. The molecular weight excluding hydrogens is 308 g/mol. The number of carbonyl (C=O) groups excluding carboxylic acids is 2. The SMILES string of the molecule is CN(C)c1ccc(C(=O)c2ccc(N(C)C)cc2OC=O)c(O)c1. The van der Waals surface area contributed by atoms with Crippen LogP contribution >= 0.6 is 0 Å². The van der Waals surface area contributed by atoms with Crippen LogP contribution in [0.3, 0.4) is 0 Å². The number of nitrogens with zero attached hydrogens (tertiary/aromatic N) is 2. The summed E-state index contributed by atoms with van der Waals surface area (Å²) in [5.74, 6) is -0.391. The normalized spacial score (nSPS) is 10.2. The summed E-state index contributed by atoms with van der Waals surface area (Å²) in [6.45, 7) is 0.278. The molecule has 2 aromatic carbocycles. The Morgan fingerprint density at radius 1 is 0.958 bits per heavy atom. The standard InChI is InChI=1S/C18H20N2O4/c1-19(2)12-5-7-14(16(22)9-12)18(23)15-8-6-13(20(3)4)10-17(15)24-11-21/h5-11,22H,1-4H3. The Balaban J connectivity index is 2.47. The molecule has 1 N–H and O–H groups in total. The lowest BCUT2D eigenvalue weighted by Crippen LogP contribution is -2.11. The third-order valence-electron chi connectivity index (χ3n) is 3.64. The summed E-state index contributed by atoms with van der Waals surface area (Å²) in [7, 11) is 7.36. The van der Waals surface area contributed by atoms with Crippen LogP contribution in [0.2, 0.25) is 0 Å². The third kappa shape index (κ3) is 3.48. The molecule has 2 rings (SSSR count). The number of ether oxygens (including phenoxy) is 1. The van der Waals surface area contributed by atoms with E-state index in [1.54, 1.807) is 30.3 Å². The van der Waals surface area contributed by atoms with Gasteiger partial charge in [-0.25, -0.2) is 0 Å². The lowest BCUT2D eigenvalue weighted by atomic mass is 10.0. The van der Waals surface area contributed by atoms with E-state index >= 15 is 0 Å². The van der Waals surface area contributed by atoms with E-state index in [0.717, 1.165) is 11.4 Å². The highest BCUT2D eigenvalue weighted by atomic mass is 16.5. The average Bonchev–Trinajstić information content (AvgIpc) is 2.54. The zero-order valence-electron chi connectivity index (χ0n) is 14.1. The number of benzene rings is 2. The van der Waals surface area contributed by atoms with E-state index in [2.05, 4.69) is 0 Å². The van der Waals surface area contributed by atoms with Crippen molar-refractivity contribution < 1.29 is 19.4 Å². The van der Waals surface area contributed by atoms with Gasteiger partial charge in [-0.3, -0.25) is 9.59 Å². The molecule has 0 amide bonds. The molecule has 0 saturated heterocycles. The second kappa shape index (κ2) is 7.04. The first-order valence-corrected chi connectivity index (χ1v) is 7.32. The molecule has 0 heterocycles. The first kappa shape index (κ1) is 17.3. The van der Waals surface area contributed by atoms with E-state index in [0.29, 0.717) is 0 Å². The van der Waals surface area contributed by atoms with Gasteiger partial charge >= 0.3 is 0 Å². The van der Waals surface area contributed by atoms with E-state index in [4.69, 9.17) is 4.74 Å². The van der Waals surface area contributed by atoms with Gasteiger partial charge in [-0.1, -0.05) is 0 Å². The molecule has 0 unspecified atom stereocenters. The summed E-state index contributed by atoms with van der Waals surface area (Å²) in [5.41, 5.74) is 1.92. The van der Waals surface area contributed by atoms with Crippen LogP contribution in [0.1, 0.15) is 15.9 Å². The molecule has 0 fully saturated rings. The minimum atomic E-state index is -0.417. The van der Waals surface area contributed by atoms with Gasteiger partial charge in [0, 0.05) is 51.7 Å². The molecule has 24 heavy (non-hydrogen) atoms. The van der Waals surface area contributed by atoms with E-state index in [1.165, 1.54) is 6.07 Å². The maximum Gasteiger partial charge on any atom is 0.298 e. The highest BCUT2D eigenvalue weighted by molar-refractivity contribution is 6.12. The molecular formula is C18H20N2O4. The van der Waals surface area contributed by atoms with E-state index in [9.17, 15) is 14.7 Å². The topological polar surface area (TPSA) is 70.1 Å². The highest BCUT2D eigenvalue weighted by Crippen LogP contribution is 2.31. The van der Waals surface area contributed by atoms with E-state index in [1.807, 2.05) is 38.0 Å². The van der Waals surface area contributed by atoms with Crippen LogP contribution in [0, 0.1) is 0 Å². The number of phenolic OH excluding ortho intramolecular Hbond substituents is 1. The molecule has 0 aliphatic carbocycles. The molecule has 126 valence electrons. The zero-order chi connectivity index (χ0) is 17.9. The van der Waals surface area contributed by atoms with Gasteiger partial charge in [0.25, 0.3) is 6.47 Å². The van der Waals surface area contributed by atoms with Gasteiger partial charge in [0.1, 0.15) is 11.5 Å². The molecule has 2 aromatic rings. The molecule has 0 aromatic heterocycles. The van der Waals surface area contributed by atoms with Gasteiger partial charge in [0.15, 0.2) is 5.78 Å². The Hall–Kier alpha value is -3.02. The van der Waals surface area contributed by atoms with Crippen molar-refractivity contribution in [3.8, 4) is 11.5 Å². The van der Waals surface area contributed by atoms with Crippen molar-refractivity contribution in [2.75, 3.05) is 38.0 Å². The molecule has 0 aliphatic rings. The van der Waals surface area contributed by atoms with Crippen LogP contribution in [-0.2, 0) is 4.79 Å². The van der Waals surface area contributed by atoms with E-state index in [-0.39, 0.29) is 29.1 Å². The predicted octanol–water partition coefficient (Wildman–Crippen LogP) is 2.29. The van der Waals surface area contributed by atoms with Crippen molar-refractivity contribution in [3.05, 3.63) is 47.5 Å². The second-order valence-electron chi connectivity index (χ2n) is 5.71. The number of hydrogen-bond donors (Lipinski definition) is 1. The Kier molecular flexibility index (Phi) is 5.08. The lowest BCUT2D eigenvalue weighted by Gasteiger charge is -2.16. The van der Waals surface area contributed by atoms with Crippen molar-refractivity contribution in [1.29, 1.82) is 0 Å². The molecule has 0 spiro atoms. The number of ketones is 1. The van der Waals surface area contributed by atoms with Crippen LogP contribution in [0.4, 0.5) is 11.4 Å². The average molecular weight is 328 g/mol. The zero-order valence-corrected chi connectivity index (χ0v) is 14.1. The number of phenols is 1.